The zero-order valence-corrected chi connectivity index (χ0v) is 13.5. The molecular formula is C15H20N4O2S. The maximum atomic E-state index is 12.8. The van der Waals surface area contributed by atoms with Gasteiger partial charge in [0.2, 0.25) is 10.0 Å². The summed E-state index contributed by atoms with van der Waals surface area (Å²) in [5.74, 6) is -0.0187. The third-order valence-electron chi connectivity index (χ3n) is 4.76. The SMILES string of the molecule is CC1CN(S(=O)(=O)CC2(C#N)CCCC2)Cc2cncnc21. The van der Waals surface area contributed by atoms with E-state index in [1.165, 1.54) is 10.6 Å². The van der Waals surface area contributed by atoms with Gasteiger partial charge in [0, 0.05) is 30.8 Å². The highest BCUT2D eigenvalue weighted by molar-refractivity contribution is 7.89. The lowest BCUT2D eigenvalue weighted by atomic mass is 9.91. The summed E-state index contributed by atoms with van der Waals surface area (Å²) in [6.07, 6.45) is 6.45. The maximum absolute atomic E-state index is 12.8. The summed E-state index contributed by atoms with van der Waals surface area (Å²) in [4.78, 5) is 8.26. The van der Waals surface area contributed by atoms with Gasteiger partial charge in [-0.2, -0.15) is 9.57 Å². The van der Waals surface area contributed by atoms with Crippen molar-refractivity contribution in [1.82, 2.24) is 14.3 Å². The highest BCUT2D eigenvalue weighted by Gasteiger charge is 2.42. The van der Waals surface area contributed by atoms with Gasteiger partial charge in [0.05, 0.1) is 22.9 Å². The van der Waals surface area contributed by atoms with Gasteiger partial charge in [0.15, 0.2) is 0 Å². The molecule has 1 unspecified atom stereocenters. The largest absolute Gasteiger partial charge is 0.244 e. The van der Waals surface area contributed by atoms with Crippen molar-refractivity contribution < 1.29 is 8.42 Å². The van der Waals surface area contributed by atoms with E-state index >= 15 is 0 Å². The Labute approximate surface area is 131 Å². The number of rotatable bonds is 3. The van der Waals surface area contributed by atoms with Crippen LogP contribution in [0.15, 0.2) is 12.5 Å². The smallest absolute Gasteiger partial charge is 0.216 e. The van der Waals surface area contributed by atoms with E-state index in [1.807, 2.05) is 6.92 Å². The van der Waals surface area contributed by atoms with Crippen molar-refractivity contribution in [2.24, 2.45) is 5.41 Å². The molecule has 22 heavy (non-hydrogen) atoms. The van der Waals surface area contributed by atoms with Gasteiger partial charge in [-0.3, -0.25) is 0 Å². The molecule has 6 nitrogen and oxygen atoms in total. The molecule has 0 bridgehead atoms. The quantitative estimate of drug-likeness (QED) is 0.847. The molecule has 1 aliphatic heterocycles. The van der Waals surface area contributed by atoms with E-state index in [9.17, 15) is 13.7 Å². The number of sulfonamides is 1. The summed E-state index contributed by atoms with van der Waals surface area (Å²) in [6.45, 7) is 2.71. The van der Waals surface area contributed by atoms with E-state index in [2.05, 4.69) is 16.0 Å². The van der Waals surface area contributed by atoms with E-state index < -0.39 is 15.4 Å². The molecule has 0 amide bonds. The zero-order chi connectivity index (χ0) is 15.8. The fourth-order valence-electron chi connectivity index (χ4n) is 3.57. The Morgan fingerprint density at radius 2 is 2.18 bits per heavy atom. The number of nitrogens with zero attached hydrogens (tertiary/aromatic N) is 4. The van der Waals surface area contributed by atoms with Crippen LogP contribution in [0.4, 0.5) is 0 Å². The summed E-state index contributed by atoms with van der Waals surface area (Å²) in [5.41, 5.74) is 1.09. The molecule has 3 rings (SSSR count). The molecule has 0 aromatic carbocycles. The van der Waals surface area contributed by atoms with Crippen molar-refractivity contribution in [3.05, 3.63) is 23.8 Å². The average Bonchev–Trinajstić information content (AvgIpc) is 2.95. The number of nitriles is 1. The van der Waals surface area contributed by atoms with Gasteiger partial charge in [0.25, 0.3) is 0 Å². The molecule has 1 aliphatic carbocycles. The van der Waals surface area contributed by atoms with Crippen molar-refractivity contribution in [1.29, 1.82) is 5.26 Å². The lowest BCUT2D eigenvalue weighted by Gasteiger charge is -2.33. The molecule has 1 fully saturated rings. The Morgan fingerprint density at radius 1 is 1.45 bits per heavy atom. The normalized spacial score (nSPS) is 24.6. The van der Waals surface area contributed by atoms with Crippen LogP contribution in [0, 0.1) is 16.7 Å². The van der Waals surface area contributed by atoms with E-state index in [4.69, 9.17) is 0 Å². The minimum Gasteiger partial charge on any atom is -0.244 e. The number of hydrogen-bond acceptors (Lipinski definition) is 5. The highest BCUT2D eigenvalue weighted by Crippen LogP contribution is 2.40. The van der Waals surface area contributed by atoms with Crippen LogP contribution in [0.5, 0.6) is 0 Å². The standard InChI is InChI=1S/C15H20N4O2S/c1-12-7-19(8-13-6-17-11-18-14(12)13)22(20,21)10-15(9-16)4-2-3-5-15/h6,11-12H,2-5,7-8,10H2,1H3. The summed E-state index contributed by atoms with van der Waals surface area (Å²) >= 11 is 0. The van der Waals surface area contributed by atoms with Crippen molar-refractivity contribution in [3.8, 4) is 6.07 Å². The third-order valence-corrected chi connectivity index (χ3v) is 6.75. The molecule has 0 N–H and O–H groups in total. The van der Waals surface area contributed by atoms with Crippen LogP contribution in [0.2, 0.25) is 0 Å². The van der Waals surface area contributed by atoms with Gasteiger partial charge in [-0.05, 0) is 12.8 Å². The van der Waals surface area contributed by atoms with E-state index in [-0.39, 0.29) is 11.7 Å². The van der Waals surface area contributed by atoms with Crippen molar-refractivity contribution in [2.75, 3.05) is 12.3 Å². The van der Waals surface area contributed by atoms with E-state index in [0.717, 1.165) is 24.1 Å². The number of fused-ring (bicyclic) bond motifs is 1. The topological polar surface area (TPSA) is 87.0 Å². The Morgan fingerprint density at radius 3 is 2.86 bits per heavy atom. The molecule has 7 heteroatoms. The lowest BCUT2D eigenvalue weighted by molar-refractivity contribution is 0.346. The summed E-state index contributed by atoms with van der Waals surface area (Å²) < 4.78 is 27.1. The fourth-order valence-corrected chi connectivity index (χ4v) is 5.59. The highest BCUT2D eigenvalue weighted by atomic mass is 32.2. The van der Waals surface area contributed by atoms with Gasteiger partial charge in [-0.25, -0.2) is 18.4 Å². The van der Waals surface area contributed by atoms with Gasteiger partial charge in [-0.1, -0.05) is 19.8 Å². The first-order valence-corrected chi connectivity index (χ1v) is 9.25. The Hall–Kier alpha value is -1.52. The van der Waals surface area contributed by atoms with Crippen LogP contribution in [-0.2, 0) is 16.6 Å². The molecule has 0 saturated heterocycles. The zero-order valence-electron chi connectivity index (χ0n) is 12.7. The molecule has 1 aromatic heterocycles. The molecule has 2 heterocycles. The second-order valence-electron chi connectivity index (χ2n) is 6.48. The predicted octanol–water partition coefficient (Wildman–Crippen LogP) is 1.81. The molecule has 1 saturated carbocycles. The van der Waals surface area contributed by atoms with Crippen LogP contribution in [0.3, 0.4) is 0 Å². The average molecular weight is 320 g/mol. The van der Waals surface area contributed by atoms with Crippen LogP contribution in [-0.4, -0.2) is 35.0 Å². The van der Waals surface area contributed by atoms with Gasteiger partial charge in [-0.15, -0.1) is 0 Å². The Kier molecular flexibility index (Phi) is 3.91. The van der Waals surface area contributed by atoms with E-state index in [1.54, 1.807) is 6.20 Å². The molecule has 2 aliphatic rings. The molecule has 1 aromatic rings. The molecular weight excluding hydrogens is 300 g/mol. The Bertz CT molecular complexity index is 704. The third kappa shape index (κ3) is 2.73. The van der Waals surface area contributed by atoms with Crippen LogP contribution >= 0.6 is 0 Å². The molecule has 118 valence electrons. The van der Waals surface area contributed by atoms with Gasteiger partial charge < -0.3 is 0 Å². The minimum atomic E-state index is -3.46. The van der Waals surface area contributed by atoms with Gasteiger partial charge >= 0.3 is 0 Å². The summed E-state index contributed by atoms with van der Waals surface area (Å²) in [5, 5.41) is 9.44. The molecule has 0 radical (unpaired) electrons. The first-order chi connectivity index (χ1) is 10.5. The second kappa shape index (κ2) is 5.60. The minimum absolute atomic E-state index is 0.0446. The Balaban J connectivity index is 1.84. The summed E-state index contributed by atoms with van der Waals surface area (Å²) in [7, 11) is -3.46. The summed E-state index contributed by atoms with van der Waals surface area (Å²) in [6, 6.07) is 2.27. The second-order valence-corrected chi connectivity index (χ2v) is 8.45. The van der Waals surface area contributed by atoms with E-state index in [0.29, 0.717) is 25.9 Å². The lowest BCUT2D eigenvalue weighted by Crippen LogP contribution is -2.42. The molecule has 0 spiro atoms. The predicted molar refractivity (Wildman–Crippen MR) is 81.2 cm³/mol. The first kappa shape index (κ1) is 15.4. The molecule has 1 atom stereocenters. The van der Waals surface area contributed by atoms with Gasteiger partial charge in [0.1, 0.15) is 6.33 Å². The fraction of sp³-hybridized carbons (Fsp3) is 0.667. The maximum Gasteiger partial charge on any atom is 0.216 e. The van der Waals surface area contributed by atoms with Crippen LogP contribution < -0.4 is 0 Å². The van der Waals surface area contributed by atoms with Crippen LogP contribution in [0.1, 0.15) is 49.8 Å². The van der Waals surface area contributed by atoms with Crippen molar-refractivity contribution >= 4 is 10.0 Å². The van der Waals surface area contributed by atoms with Crippen molar-refractivity contribution in [3.63, 3.8) is 0 Å². The monoisotopic (exact) mass is 320 g/mol. The van der Waals surface area contributed by atoms with Crippen molar-refractivity contribution in [2.45, 2.75) is 45.1 Å². The first-order valence-electron chi connectivity index (χ1n) is 7.64. The number of aromatic nitrogens is 2. The van der Waals surface area contributed by atoms with Crippen LogP contribution in [0.25, 0.3) is 0 Å². The number of hydrogen-bond donors (Lipinski definition) is 0.